The van der Waals surface area contributed by atoms with Crippen LogP contribution in [0, 0.1) is 12.8 Å². The van der Waals surface area contributed by atoms with Gasteiger partial charge in [0, 0.05) is 6.04 Å². The second-order valence-corrected chi connectivity index (χ2v) is 5.84. The van der Waals surface area contributed by atoms with E-state index in [1.54, 1.807) is 11.3 Å². The fraction of sp³-hybridized carbons (Fsp3) is 0.500. The summed E-state index contributed by atoms with van der Waals surface area (Å²) in [6, 6.07) is 6.89. The van der Waals surface area contributed by atoms with E-state index in [-0.39, 0.29) is 0 Å². The van der Waals surface area contributed by atoms with E-state index in [0.29, 0.717) is 12.0 Å². The quantitative estimate of drug-likeness (QED) is 0.864. The van der Waals surface area contributed by atoms with Crippen LogP contribution >= 0.6 is 11.3 Å². The van der Waals surface area contributed by atoms with Crippen LogP contribution in [0.3, 0.4) is 0 Å². The van der Waals surface area contributed by atoms with E-state index in [4.69, 9.17) is 0 Å². The third kappa shape index (κ3) is 2.78. The van der Waals surface area contributed by atoms with E-state index in [9.17, 15) is 0 Å². The van der Waals surface area contributed by atoms with Crippen LogP contribution in [0.2, 0.25) is 0 Å². The smallest absolute Gasteiger partial charge is 0.184 e. The lowest BCUT2D eigenvalue weighted by Crippen LogP contribution is -2.22. The Morgan fingerprint density at radius 3 is 2.82 bits per heavy atom. The maximum Gasteiger partial charge on any atom is 0.184 e. The molecule has 0 spiro atoms. The first-order valence-electron chi connectivity index (χ1n) is 6.24. The number of rotatable bonds is 4. The molecule has 1 N–H and O–H groups in total. The number of hydrogen-bond acceptors (Lipinski definition) is 3. The molecule has 2 atom stereocenters. The maximum absolute atomic E-state index is 4.62. The highest BCUT2D eigenvalue weighted by molar-refractivity contribution is 7.22. The van der Waals surface area contributed by atoms with Crippen molar-refractivity contribution in [2.75, 3.05) is 5.32 Å². The minimum absolute atomic E-state index is 0.474. The van der Waals surface area contributed by atoms with Gasteiger partial charge in [0.25, 0.3) is 0 Å². The fourth-order valence-electron chi connectivity index (χ4n) is 1.78. The summed E-state index contributed by atoms with van der Waals surface area (Å²) in [6.07, 6.45) is 1.19. The van der Waals surface area contributed by atoms with Crippen molar-refractivity contribution in [3.8, 4) is 0 Å². The molecule has 2 rings (SSSR count). The minimum Gasteiger partial charge on any atom is -0.359 e. The zero-order chi connectivity index (χ0) is 12.4. The van der Waals surface area contributed by atoms with Crippen molar-refractivity contribution in [3.05, 3.63) is 23.8 Å². The molecule has 0 radical (unpaired) electrons. The molecule has 0 aliphatic rings. The van der Waals surface area contributed by atoms with Crippen LogP contribution in [0.15, 0.2) is 18.2 Å². The third-order valence-electron chi connectivity index (χ3n) is 3.39. The Kier molecular flexibility index (Phi) is 3.67. The molecule has 0 bridgehead atoms. The van der Waals surface area contributed by atoms with E-state index in [2.05, 4.69) is 56.2 Å². The molecule has 2 aromatic rings. The molecule has 0 amide bonds. The lowest BCUT2D eigenvalue weighted by atomic mass is 10.0. The predicted molar refractivity (Wildman–Crippen MR) is 76.9 cm³/mol. The lowest BCUT2D eigenvalue weighted by Gasteiger charge is -2.18. The fourth-order valence-corrected chi connectivity index (χ4v) is 2.84. The average Bonchev–Trinajstić information content (AvgIpc) is 2.69. The molecule has 0 aliphatic heterocycles. The Bertz CT molecular complexity index is 504. The molecule has 1 heterocycles. The van der Waals surface area contributed by atoms with E-state index in [1.165, 1.54) is 16.7 Å². The van der Waals surface area contributed by atoms with Crippen LogP contribution in [0.5, 0.6) is 0 Å². The Morgan fingerprint density at radius 2 is 2.12 bits per heavy atom. The average molecular weight is 248 g/mol. The lowest BCUT2D eigenvalue weighted by molar-refractivity contribution is 0.494. The zero-order valence-electron chi connectivity index (χ0n) is 10.9. The Hall–Kier alpha value is -1.09. The number of anilines is 1. The van der Waals surface area contributed by atoms with Crippen molar-refractivity contribution < 1.29 is 0 Å². The minimum atomic E-state index is 0.474. The number of fused-ring (bicyclic) bond motifs is 1. The number of hydrogen-bond donors (Lipinski definition) is 1. The molecule has 0 saturated carbocycles. The van der Waals surface area contributed by atoms with Gasteiger partial charge in [0.2, 0.25) is 0 Å². The first-order chi connectivity index (χ1) is 8.10. The summed E-state index contributed by atoms with van der Waals surface area (Å²) in [5.41, 5.74) is 2.39. The largest absolute Gasteiger partial charge is 0.359 e. The summed E-state index contributed by atoms with van der Waals surface area (Å²) in [7, 11) is 0. The van der Waals surface area contributed by atoms with Gasteiger partial charge in [0.05, 0.1) is 10.2 Å². The SMILES string of the molecule is CCC(C)C(C)Nc1nc2ccc(C)cc2s1. The van der Waals surface area contributed by atoms with Gasteiger partial charge in [-0.25, -0.2) is 4.98 Å². The molecule has 0 saturated heterocycles. The van der Waals surface area contributed by atoms with Crippen LogP contribution in [0.4, 0.5) is 5.13 Å². The van der Waals surface area contributed by atoms with Gasteiger partial charge < -0.3 is 5.32 Å². The van der Waals surface area contributed by atoms with Crippen LogP contribution in [0.25, 0.3) is 10.2 Å². The van der Waals surface area contributed by atoms with Crippen molar-refractivity contribution in [3.63, 3.8) is 0 Å². The summed E-state index contributed by atoms with van der Waals surface area (Å²) in [5.74, 6) is 0.670. The van der Waals surface area contributed by atoms with Crippen molar-refractivity contribution in [2.24, 2.45) is 5.92 Å². The van der Waals surface area contributed by atoms with E-state index < -0.39 is 0 Å². The molecule has 1 aromatic heterocycles. The molecule has 2 unspecified atom stereocenters. The number of thiazole rings is 1. The van der Waals surface area contributed by atoms with Crippen LogP contribution in [-0.4, -0.2) is 11.0 Å². The van der Waals surface area contributed by atoms with E-state index >= 15 is 0 Å². The van der Waals surface area contributed by atoms with Gasteiger partial charge in [-0.2, -0.15) is 0 Å². The first kappa shape index (κ1) is 12.4. The highest BCUT2D eigenvalue weighted by atomic mass is 32.1. The van der Waals surface area contributed by atoms with Crippen LogP contribution in [-0.2, 0) is 0 Å². The normalized spacial score (nSPS) is 14.8. The third-order valence-corrected chi connectivity index (χ3v) is 4.34. The van der Waals surface area contributed by atoms with Gasteiger partial charge >= 0.3 is 0 Å². The molecule has 3 heteroatoms. The molecule has 0 fully saturated rings. The van der Waals surface area contributed by atoms with Gasteiger partial charge in [-0.15, -0.1) is 0 Å². The first-order valence-corrected chi connectivity index (χ1v) is 7.05. The number of nitrogens with zero attached hydrogens (tertiary/aromatic N) is 1. The van der Waals surface area contributed by atoms with Crippen LogP contribution < -0.4 is 5.32 Å². The van der Waals surface area contributed by atoms with E-state index in [0.717, 1.165) is 10.6 Å². The van der Waals surface area contributed by atoms with Gasteiger partial charge in [0.15, 0.2) is 5.13 Å². The molecule has 92 valence electrons. The van der Waals surface area contributed by atoms with Gasteiger partial charge in [-0.05, 0) is 37.5 Å². The maximum atomic E-state index is 4.62. The van der Waals surface area contributed by atoms with Gasteiger partial charge in [-0.1, -0.05) is 37.7 Å². The topological polar surface area (TPSA) is 24.9 Å². The highest BCUT2D eigenvalue weighted by Gasteiger charge is 2.12. The second kappa shape index (κ2) is 5.05. The number of nitrogens with one attached hydrogen (secondary N) is 1. The summed E-state index contributed by atoms with van der Waals surface area (Å²) in [6.45, 7) is 8.85. The van der Waals surface area contributed by atoms with Crippen molar-refractivity contribution in [1.29, 1.82) is 0 Å². The van der Waals surface area contributed by atoms with Crippen molar-refractivity contribution in [1.82, 2.24) is 4.98 Å². The molecule has 2 nitrogen and oxygen atoms in total. The van der Waals surface area contributed by atoms with Crippen molar-refractivity contribution in [2.45, 2.75) is 40.2 Å². The molecule has 17 heavy (non-hydrogen) atoms. The summed E-state index contributed by atoms with van der Waals surface area (Å²) in [4.78, 5) is 4.62. The second-order valence-electron chi connectivity index (χ2n) is 4.81. The summed E-state index contributed by atoms with van der Waals surface area (Å²) in [5, 5.41) is 4.55. The van der Waals surface area contributed by atoms with Gasteiger partial charge in [-0.3, -0.25) is 0 Å². The monoisotopic (exact) mass is 248 g/mol. The van der Waals surface area contributed by atoms with E-state index in [1.807, 2.05) is 0 Å². The number of benzene rings is 1. The van der Waals surface area contributed by atoms with Crippen LogP contribution in [0.1, 0.15) is 32.8 Å². The molecule has 1 aromatic carbocycles. The Labute approximate surface area is 107 Å². The molecular formula is C14H20N2S. The predicted octanol–water partition coefficient (Wildman–Crippen LogP) is 4.45. The Morgan fingerprint density at radius 1 is 1.35 bits per heavy atom. The standard InChI is InChI=1S/C14H20N2S/c1-5-10(3)11(4)15-14-16-12-7-6-9(2)8-13(12)17-14/h6-8,10-11H,5H2,1-4H3,(H,15,16). The summed E-state index contributed by atoms with van der Waals surface area (Å²) >= 11 is 1.75. The molecule has 0 aliphatic carbocycles. The number of aryl methyl sites for hydroxylation is 1. The Balaban J connectivity index is 2.19. The van der Waals surface area contributed by atoms with Crippen molar-refractivity contribution >= 4 is 26.7 Å². The van der Waals surface area contributed by atoms with Gasteiger partial charge in [0.1, 0.15) is 0 Å². The summed E-state index contributed by atoms with van der Waals surface area (Å²) < 4.78 is 1.27. The number of aromatic nitrogens is 1. The highest BCUT2D eigenvalue weighted by Crippen LogP contribution is 2.27. The molecular weight excluding hydrogens is 228 g/mol. The zero-order valence-corrected chi connectivity index (χ0v) is 11.8.